The molecule has 0 aliphatic carbocycles. The molecule has 5 nitrogen and oxygen atoms in total. The van der Waals surface area contributed by atoms with Crippen molar-refractivity contribution >= 4 is 22.7 Å². The minimum atomic E-state index is -4.40. The highest BCUT2D eigenvalue weighted by atomic mass is 19.4. The number of ether oxygens (including phenoxy) is 1. The molecule has 28 heavy (non-hydrogen) atoms. The minimum Gasteiger partial charge on any atom is -0.457 e. The van der Waals surface area contributed by atoms with Crippen LogP contribution >= 0.6 is 0 Å². The number of imidazole rings is 1. The first-order valence-electron chi connectivity index (χ1n) is 8.41. The van der Waals surface area contributed by atoms with Gasteiger partial charge in [0.15, 0.2) is 0 Å². The largest absolute Gasteiger partial charge is 0.457 e. The van der Waals surface area contributed by atoms with Crippen LogP contribution in [0.4, 0.5) is 24.8 Å². The van der Waals surface area contributed by atoms with Gasteiger partial charge < -0.3 is 15.0 Å². The third-order valence-electron chi connectivity index (χ3n) is 4.11. The predicted octanol–water partition coefficient (Wildman–Crippen LogP) is 5.82. The number of alkyl halides is 3. The minimum absolute atomic E-state index is 0.326. The molecule has 0 atom stereocenters. The Morgan fingerprint density at radius 3 is 2.32 bits per heavy atom. The lowest BCUT2D eigenvalue weighted by molar-refractivity contribution is -0.137. The first-order chi connectivity index (χ1) is 13.4. The number of hydrogen-bond acceptors (Lipinski definition) is 4. The Hall–Kier alpha value is -3.55. The van der Waals surface area contributed by atoms with Crippen LogP contribution in [-0.2, 0) is 6.18 Å². The lowest BCUT2D eigenvalue weighted by atomic mass is 10.1. The number of nitrogens with zero attached hydrogens (tertiary/aromatic N) is 2. The van der Waals surface area contributed by atoms with E-state index in [4.69, 9.17) is 4.74 Å². The Balaban J connectivity index is 1.54. The Kier molecular flexibility index (Phi) is 4.38. The summed E-state index contributed by atoms with van der Waals surface area (Å²) in [6, 6.07) is 12.8. The number of benzene rings is 2. The fourth-order valence-electron chi connectivity index (χ4n) is 2.80. The van der Waals surface area contributed by atoms with Gasteiger partial charge in [-0.1, -0.05) is 0 Å². The number of H-pyrrole nitrogens is 1. The highest BCUT2D eigenvalue weighted by Gasteiger charge is 2.31. The van der Waals surface area contributed by atoms with E-state index in [1.165, 1.54) is 0 Å². The standard InChI is InChI=1S/C20H15F3N4O/c1-12-10-13(20(21,22)23)11-17-18(12)27-19(26-17)25-14-2-4-15(5-3-14)28-16-6-8-24-9-7-16/h2-11H,1H3,(H2,25,26,27). The van der Waals surface area contributed by atoms with E-state index in [-0.39, 0.29) is 0 Å². The Morgan fingerprint density at radius 1 is 0.964 bits per heavy atom. The first-order valence-corrected chi connectivity index (χ1v) is 8.41. The molecule has 0 radical (unpaired) electrons. The lowest BCUT2D eigenvalue weighted by Gasteiger charge is -2.07. The van der Waals surface area contributed by atoms with Gasteiger partial charge in [0, 0.05) is 18.1 Å². The van der Waals surface area contributed by atoms with Crippen LogP contribution in [0.5, 0.6) is 11.5 Å². The summed E-state index contributed by atoms with van der Waals surface area (Å²) in [6.07, 6.45) is -1.12. The Bertz CT molecular complexity index is 1110. The van der Waals surface area contributed by atoms with E-state index in [1.54, 1.807) is 55.7 Å². The first kappa shape index (κ1) is 17.8. The zero-order valence-electron chi connectivity index (χ0n) is 14.7. The number of hydrogen-bond donors (Lipinski definition) is 2. The monoisotopic (exact) mass is 384 g/mol. The van der Waals surface area contributed by atoms with Gasteiger partial charge in [-0.3, -0.25) is 4.98 Å². The number of aromatic nitrogens is 3. The quantitative estimate of drug-likeness (QED) is 0.465. The van der Waals surface area contributed by atoms with E-state index >= 15 is 0 Å². The van der Waals surface area contributed by atoms with Crippen LogP contribution in [0.1, 0.15) is 11.1 Å². The maximum atomic E-state index is 13.0. The molecule has 2 aromatic carbocycles. The summed E-state index contributed by atoms with van der Waals surface area (Å²) < 4.78 is 44.6. The van der Waals surface area contributed by atoms with Crippen molar-refractivity contribution < 1.29 is 17.9 Å². The molecule has 0 saturated heterocycles. The molecule has 4 aromatic rings. The number of halogens is 3. The summed E-state index contributed by atoms with van der Waals surface area (Å²) in [4.78, 5) is 11.2. The Labute approximate surface area is 158 Å². The molecular formula is C20H15F3N4O. The van der Waals surface area contributed by atoms with E-state index in [0.29, 0.717) is 34.0 Å². The SMILES string of the molecule is Cc1cc(C(F)(F)F)cc2[nH]c(Nc3ccc(Oc4ccncc4)cc3)nc12. The summed E-state index contributed by atoms with van der Waals surface area (Å²) in [5.41, 5.74) is 1.29. The van der Waals surface area contributed by atoms with Crippen molar-refractivity contribution in [2.75, 3.05) is 5.32 Å². The van der Waals surface area contributed by atoms with E-state index in [2.05, 4.69) is 20.3 Å². The molecule has 2 heterocycles. The summed E-state index contributed by atoms with van der Waals surface area (Å²) in [7, 11) is 0. The van der Waals surface area contributed by atoms with Crippen LogP contribution in [-0.4, -0.2) is 15.0 Å². The average Bonchev–Trinajstić information content (AvgIpc) is 3.07. The molecule has 0 aliphatic rings. The highest BCUT2D eigenvalue weighted by Crippen LogP contribution is 2.33. The molecule has 0 fully saturated rings. The second-order valence-corrected chi connectivity index (χ2v) is 6.21. The summed E-state index contributed by atoms with van der Waals surface area (Å²) in [5.74, 6) is 1.68. The maximum absolute atomic E-state index is 13.0. The van der Waals surface area contributed by atoms with Gasteiger partial charge in [0.25, 0.3) is 0 Å². The molecule has 8 heteroatoms. The van der Waals surface area contributed by atoms with Crippen LogP contribution in [0.15, 0.2) is 60.9 Å². The zero-order chi connectivity index (χ0) is 19.7. The number of aromatic amines is 1. The van der Waals surface area contributed by atoms with E-state index in [9.17, 15) is 13.2 Å². The van der Waals surface area contributed by atoms with Gasteiger partial charge in [-0.2, -0.15) is 13.2 Å². The van der Waals surface area contributed by atoms with Gasteiger partial charge >= 0.3 is 6.18 Å². The molecule has 2 N–H and O–H groups in total. The van der Waals surface area contributed by atoms with Gasteiger partial charge in [0.1, 0.15) is 11.5 Å². The van der Waals surface area contributed by atoms with Gasteiger partial charge in [-0.25, -0.2) is 4.98 Å². The molecule has 2 aromatic heterocycles. The van der Waals surface area contributed by atoms with Gasteiger partial charge in [-0.05, 0) is 61.0 Å². The van der Waals surface area contributed by atoms with Gasteiger partial charge in [0.05, 0.1) is 16.6 Å². The smallest absolute Gasteiger partial charge is 0.416 e. The fraction of sp³-hybridized carbons (Fsp3) is 0.100. The van der Waals surface area contributed by atoms with Crippen LogP contribution in [0, 0.1) is 6.92 Å². The number of aryl methyl sites for hydroxylation is 1. The third kappa shape index (κ3) is 3.75. The van der Waals surface area contributed by atoms with Crippen LogP contribution in [0.3, 0.4) is 0 Å². The second-order valence-electron chi connectivity index (χ2n) is 6.21. The van der Waals surface area contributed by atoms with Crippen LogP contribution < -0.4 is 10.1 Å². The van der Waals surface area contributed by atoms with E-state index < -0.39 is 11.7 Å². The molecule has 0 amide bonds. The van der Waals surface area contributed by atoms with Crippen molar-refractivity contribution in [2.45, 2.75) is 13.1 Å². The van der Waals surface area contributed by atoms with Gasteiger partial charge in [-0.15, -0.1) is 0 Å². The highest BCUT2D eigenvalue weighted by molar-refractivity contribution is 5.82. The second kappa shape index (κ2) is 6.88. The molecule has 4 rings (SSSR count). The molecule has 0 unspecified atom stereocenters. The van der Waals surface area contributed by atoms with Crippen molar-refractivity contribution in [3.05, 3.63) is 72.1 Å². The summed E-state index contributed by atoms with van der Waals surface area (Å²) in [5, 5.41) is 3.06. The summed E-state index contributed by atoms with van der Waals surface area (Å²) in [6.45, 7) is 1.60. The fourth-order valence-corrected chi connectivity index (χ4v) is 2.80. The maximum Gasteiger partial charge on any atom is 0.416 e. The third-order valence-corrected chi connectivity index (χ3v) is 4.11. The van der Waals surface area contributed by atoms with Crippen molar-refractivity contribution in [1.82, 2.24) is 15.0 Å². The summed E-state index contributed by atoms with van der Waals surface area (Å²) >= 11 is 0. The van der Waals surface area contributed by atoms with E-state index in [1.807, 2.05) is 0 Å². The van der Waals surface area contributed by atoms with Crippen molar-refractivity contribution in [2.24, 2.45) is 0 Å². The molecule has 142 valence electrons. The Morgan fingerprint density at radius 2 is 1.64 bits per heavy atom. The predicted molar refractivity (Wildman–Crippen MR) is 99.9 cm³/mol. The normalized spacial score (nSPS) is 11.6. The molecule has 0 bridgehead atoms. The number of fused-ring (bicyclic) bond motifs is 1. The van der Waals surface area contributed by atoms with Crippen molar-refractivity contribution in [3.8, 4) is 11.5 Å². The topological polar surface area (TPSA) is 62.8 Å². The average molecular weight is 384 g/mol. The molecule has 0 spiro atoms. The van der Waals surface area contributed by atoms with Crippen LogP contribution in [0.25, 0.3) is 11.0 Å². The van der Waals surface area contributed by atoms with Crippen molar-refractivity contribution in [1.29, 1.82) is 0 Å². The van der Waals surface area contributed by atoms with Crippen LogP contribution in [0.2, 0.25) is 0 Å². The zero-order valence-corrected chi connectivity index (χ0v) is 14.7. The number of anilines is 2. The molecule has 0 saturated carbocycles. The number of pyridine rings is 1. The van der Waals surface area contributed by atoms with E-state index in [0.717, 1.165) is 17.8 Å². The lowest BCUT2D eigenvalue weighted by Crippen LogP contribution is -2.05. The molecular weight excluding hydrogens is 369 g/mol. The van der Waals surface area contributed by atoms with Crippen molar-refractivity contribution in [3.63, 3.8) is 0 Å². The van der Waals surface area contributed by atoms with Gasteiger partial charge in [0.2, 0.25) is 5.95 Å². The number of rotatable bonds is 4. The number of nitrogens with one attached hydrogen (secondary N) is 2. The molecule has 0 aliphatic heterocycles.